The average molecular weight is 1000 g/mol. The van der Waals surface area contributed by atoms with Gasteiger partial charge >= 0.3 is 21.1 Å². The molecule has 0 unspecified atom stereocenters. The van der Waals surface area contributed by atoms with Crippen LogP contribution in [0.1, 0.15) is 146 Å². The summed E-state index contributed by atoms with van der Waals surface area (Å²) in [5.74, 6) is 2.67. The molecular weight excluding hydrogens is 942 g/mol. The first kappa shape index (κ1) is 41.0. The molecule has 2 atom stereocenters. The van der Waals surface area contributed by atoms with E-state index in [4.69, 9.17) is 19.5 Å². The van der Waals surface area contributed by atoms with Gasteiger partial charge in [-0.2, -0.15) is 6.07 Å². The predicted octanol–water partition coefficient (Wildman–Crippen LogP) is 14.4. The van der Waals surface area contributed by atoms with Crippen LogP contribution in [-0.4, -0.2) is 16.4 Å². The SMILES string of the molecule is [2H]C1([2H])c2c(ccc(C)c2C)[C@]2(C)OC(c3[c-]c(Oc4[c-]c5c(cc4)C(C)(C)c4ccccc4N5c4cc(C(C)(C)C)ccn4)cc(-c4c(C(C)C)cccc4C(C)C)c3)=N[C@]12C.[Pt+2]. The van der Waals surface area contributed by atoms with Crippen LogP contribution in [0.3, 0.4) is 0 Å². The van der Waals surface area contributed by atoms with Crippen LogP contribution in [0, 0.1) is 26.0 Å². The second kappa shape index (κ2) is 15.4. The fourth-order valence-electron chi connectivity index (χ4n) is 9.60. The van der Waals surface area contributed by atoms with Gasteiger partial charge in [0.25, 0.3) is 0 Å². The Labute approximate surface area is 387 Å². The van der Waals surface area contributed by atoms with Crippen molar-refractivity contribution in [1.29, 1.82) is 0 Å². The standard InChI is InChI=1S/C56H59N3O2.Pt/c1-33(2)42-17-16-18-43(34(3)4)51(42)37-27-38(52-58-55(12)32-44-36(6)35(5)21-23-45(44)56(55,13)61-52)29-41(28-37)60-40-22-24-47-49(31-40)59(48-20-15-14-19-46(48)54(47,10)11)50-30-39(25-26-57-50)53(7,8)9;/h14-28,30,33-34H,32H2,1-13H3;/q-2;+2/t55-,56+;/m1./s1/i32D2;. The Bertz CT molecular complexity index is 2850. The molecule has 6 heteroatoms. The van der Waals surface area contributed by atoms with E-state index in [-0.39, 0.29) is 43.7 Å². The second-order valence-electron chi connectivity index (χ2n) is 19.8. The molecule has 0 fully saturated rings. The molecule has 0 N–H and O–H groups in total. The van der Waals surface area contributed by atoms with E-state index in [1.807, 2.05) is 46.0 Å². The number of nitrogens with zero attached hydrogens (tertiary/aromatic N) is 3. The van der Waals surface area contributed by atoms with E-state index >= 15 is 0 Å². The number of fused-ring (bicyclic) bond motifs is 5. The van der Waals surface area contributed by atoms with Gasteiger partial charge in [-0.3, -0.25) is 4.99 Å². The number of aryl methyl sites for hydroxylation is 1. The zero-order chi connectivity index (χ0) is 45.2. The number of aromatic nitrogens is 1. The van der Waals surface area contributed by atoms with Crippen LogP contribution in [0.5, 0.6) is 11.5 Å². The summed E-state index contributed by atoms with van der Waals surface area (Å²) >= 11 is 0. The Morgan fingerprint density at radius 2 is 1.48 bits per heavy atom. The van der Waals surface area contributed by atoms with Crippen LogP contribution in [-0.2, 0) is 48.6 Å². The summed E-state index contributed by atoms with van der Waals surface area (Å²) in [7, 11) is 0. The maximum Gasteiger partial charge on any atom is 2.00 e. The van der Waals surface area contributed by atoms with Gasteiger partial charge in [0.15, 0.2) is 0 Å². The molecule has 0 radical (unpaired) electrons. The summed E-state index contributed by atoms with van der Waals surface area (Å²) in [4.78, 5) is 12.4. The van der Waals surface area contributed by atoms with E-state index in [0.717, 1.165) is 50.6 Å². The van der Waals surface area contributed by atoms with Gasteiger partial charge in [-0.25, -0.2) is 4.98 Å². The first-order valence-corrected chi connectivity index (χ1v) is 21.8. The number of anilines is 3. The molecule has 1 aromatic heterocycles. The van der Waals surface area contributed by atoms with Gasteiger partial charge in [0.2, 0.25) is 0 Å². The molecule has 2 aliphatic heterocycles. The fraction of sp³-hybridized carbons (Fsp3) is 0.357. The quantitative estimate of drug-likeness (QED) is 0.150. The Hall–Kier alpha value is -4.99. The topological polar surface area (TPSA) is 47.0 Å². The van der Waals surface area contributed by atoms with Crippen LogP contribution in [0.2, 0.25) is 0 Å². The normalized spacial score (nSPS) is 20.9. The monoisotopic (exact) mass is 1000 g/mol. The Balaban J connectivity index is 0.00000560. The van der Waals surface area contributed by atoms with Gasteiger partial charge in [0.05, 0.1) is 5.54 Å². The molecule has 3 heterocycles. The van der Waals surface area contributed by atoms with E-state index in [9.17, 15) is 2.74 Å². The molecule has 62 heavy (non-hydrogen) atoms. The minimum absolute atomic E-state index is 0. The van der Waals surface area contributed by atoms with Crippen LogP contribution in [0.4, 0.5) is 17.2 Å². The molecule has 3 aliphatic rings. The molecule has 320 valence electrons. The van der Waals surface area contributed by atoms with Crippen molar-refractivity contribution < 1.29 is 33.3 Å². The minimum atomic E-state index is -1.79. The number of ether oxygens (including phenoxy) is 2. The molecule has 0 amide bonds. The maximum absolute atomic E-state index is 9.63. The molecule has 5 nitrogen and oxygen atoms in total. The summed E-state index contributed by atoms with van der Waals surface area (Å²) in [6, 6.07) is 39.1. The van der Waals surface area contributed by atoms with Crippen molar-refractivity contribution in [2.45, 2.75) is 130 Å². The predicted molar refractivity (Wildman–Crippen MR) is 251 cm³/mol. The first-order valence-electron chi connectivity index (χ1n) is 22.8. The number of benzene rings is 5. The van der Waals surface area contributed by atoms with Crippen LogP contribution in [0.25, 0.3) is 11.1 Å². The van der Waals surface area contributed by atoms with Gasteiger partial charge < -0.3 is 14.4 Å². The third kappa shape index (κ3) is 6.94. The van der Waals surface area contributed by atoms with Crippen molar-refractivity contribution in [3.05, 3.63) is 165 Å². The smallest absolute Gasteiger partial charge is 0.508 e. The van der Waals surface area contributed by atoms with E-state index in [2.05, 4.69) is 158 Å². The van der Waals surface area contributed by atoms with Gasteiger partial charge in [-0.05, 0) is 113 Å². The molecular formula is C56H59N3O2Pt. The Morgan fingerprint density at radius 1 is 0.790 bits per heavy atom. The van der Waals surface area contributed by atoms with Crippen LogP contribution >= 0.6 is 0 Å². The third-order valence-electron chi connectivity index (χ3n) is 13.6. The number of hydrogen-bond donors (Lipinski definition) is 0. The largest absolute Gasteiger partial charge is 2.00 e. The van der Waals surface area contributed by atoms with E-state index < -0.39 is 17.5 Å². The van der Waals surface area contributed by atoms with E-state index in [0.29, 0.717) is 28.5 Å². The number of aliphatic imine (C=N–C) groups is 1. The third-order valence-corrected chi connectivity index (χ3v) is 13.6. The van der Waals surface area contributed by atoms with Gasteiger partial charge in [0.1, 0.15) is 17.3 Å². The van der Waals surface area contributed by atoms with Crippen molar-refractivity contribution in [2.24, 2.45) is 4.99 Å². The summed E-state index contributed by atoms with van der Waals surface area (Å²) in [5.41, 5.74) is 11.4. The summed E-state index contributed by atoms with van der Waals surface area (Å²) in [5, 5.41) is 0. The molecule has 9 rings (SSSR count). The van der Waals surface area contributed by atoms with Crippen LogP contribution in [0.15, 0.2) is 102 Å². The summed E-state index contributed by atoms with van der Waals surface area (Å²) < 4.78 is 33.2. The van der Waals surface area contributed by atoms with Gasteiger partial charge in [0, 0.05) is 38.1 Å². The van der Waals surface area contributed by atoms with Crippen molar-refractivity contribution in [1.82, 2.24) is 4.98 Å². The molecule has 5 aromatic carbocycles. The van der Waals surface area contributed by atoms with Gasteiger partial charge in [-0.15, -0.1) is 23.8 Å². The number of hydrogen-bond acceptors (Lipinski definition) is 5. The zero-order valence-electron chi connectivity index (χ0n) is 40.4. The van der Waals surface area contributed by atoms with Gasteiger partial charge in [-0.1, -0.05) is 140 Å². The number of pyridine rings is 1. The van der Waals surface area contributed by atoms with Crippen molar-refractivity contribution in [2.75, 3.05) is 4.90 Å². The molecule has 1 aliphatic carbocycles. The Kier molecular flexibility index (Phi) is 10.2. The van der Waals surface area contributed by atoms with Crippen molar-refractivity contribution >= 4 is 23.1 Å². The average Bonchev–Trinajstić information content (AvgIpc) is 3.59. The Morgan fingerprint density at radius 3 is 2.18 bits per heavy atom. The second-order valence-corrected chi connectivity index (χ2v) is 19.8. The summed E-state index contributed by atoms with van der Waals surface area (Å²) in [6.45, 7) is 28.0. The van der Waals surface area contributed by atoms with Crippen LogP contribution < -0.4 is 9.64 Å². The molecule has 0 saturated heterocycles. The first-order chi connectivity index (χ1) is 29.6. The minimum Gasteiger partial charge on any atom is -0.508 e. The number of rotatable bonds is 7. The van der Waals surface area contributed by atoms with E-state index in [1.165, 1.54) is 22.3 Å². The van der Waals surface area contributed by atoms with Crippen molar-refractivity contribution in [3.63, 3.8) is 0 Å². The molecule has 0 bridgehead atoms. The zero-order valence-corrected chi connectivity index (χ0v) is 40.6. The van der Waals surface area contributed by atoms with Crippen molar-refractivity contribution in [3.8, 4) is 22.6 Å². The molecule has 0 saturated carbocycles. The fourth-order valence-corrected chi connectivity index (χ4v) is 9.60. The molecule has 0 spiro atoms. The molecule has 6 aromatic rings. The maximum atomic E-state index is 9.63. The van der Waals surface area contributed by atoms with E-state index in [1.54, 1.807) is 0 Å². The summed E-state index contributed by atoms with van der Waals surface area (Å²) in [6.07, 6.45) is 0.106. The number of para-hydroxylation sites is 1.